The van der Waals surface area contributed by atoms with Crippen LogP contribution in [0.25, 0.3) is 11.1 Å². The molecule has 3 rings (SSSR count). The summed E-state index contributed by atoms with van der Waals surface area (Å²) in [5.41, 5.74) is 11.3. The number of anilines is 2. The molecular weight excluding hydrogens is 240 g/mol. The summed E-state index contributed by atoms with van der Waals surface area (Å²) >= 11 is 0. The number of piperidine rings is 1. The minimum atomic E-state index is 0.483. The first-order valence-electron chi connectivity index (χ1n) is 6.85. The molecule has 102 valence electrons. The van der Waals surface area contributed by atoms with Crippen molar-refractivity contribution in [2.24, 2.45) is 0 Å². The lowest BCUT2D eigenvalue weighted by atomic mass is 10.00. The van der Waals surface area contributed by atoms with E-state index < -0.39 is 0 Å². The van der Waals surface area contributed by atoms with E-state index >= 15 is 0 Å². The number of nitrogen functional groups attached to an aromatic ring is 1. The van der Waals surface area contributed by atoms with Crippen LogP contribution in [-0.2, 0) is 0 Å². The van der Waals surface area contributed by atoms with Gasteiger partial charge in [0.25, 0.3) is 0 Å². The third kappa shape index (κ3) is 2.26. The van der Waals surface area contributed by atoms with E-state index in [4.69, 9.17) is 10.2 Å². The number of hydrazine groups is 1. The molecule has 2 heterocycles. The van der Waals surface area contributed by atoms with Crippen molar-refractivity contribution < 1.29 is 4.42 Å². The van der Waals surface area contributed by atoms with Crippen molar-refractivity contribution in [2.45, 2.75) is 45.2 Å². The van der Waals surface area contributed by atoms with Crippen LogP contribution in [0.4, 0.5) is 11.7 Å². The van der Waals surface area contributed by atoms with Gasteiger partial charge < -0.3 is 10.2 Å². The molecule has 2 unspecified atom stereocenters. The molecule has 1 aromatic carbocycles. The smallest absolute Gasteiger partial charge is 0.310 e. The molecule has 0 spiro atoms. The van der Waals surface area contributed by atoms with Crippen molar-refractivity contribution in [1.29, 1.82) is 0 Å². The van der Waals surface area contributed by atoms with Crippen molar-refractivity contribution in [2.75, 3.05) is 11.2 Å². The Labute approximate surface area is 112 Å². The monoisotopic (exact) mass is 260 g/mol. The molecule has 0 bridgehead atoms. The van der Waals surface area contributed by atoms with Gasteiger partial charge in [0.15, 0.2) is 5.58 Å². The molecule has 2 atom stereocenters. The minimum absolute atomic E-state index is 0.483. The van der Waals surface area contributed by atoms with Gasteiger partial charge in [-0.25, -0.2) is 5.01 Å². The Kier molecular flexibility index (Phi) is 3.06. The number of hydrogen-bond acceptors (Lipinski definition) is 5. The standard InChI is InChI=1S/C14H20N4O/c1-9-5-3-6-10(2)18(9)17-14-16-13-11(15)7-4-8-12(13)19-14/h4,7-10H,3,5-6,15H2,1-2H3,(H,16,17). The Morgan fingerprint density at radius 3 is 2.74 bits per heavy atom. The van der Waals surface area contributed by atoms with Crippen molar-refractivity contribution in [1.82, 2.24) is 9.99 Å². The van der Waals surface area contributed by atoms with Crippen LogP contribution in [-0.4, -0.2) is 22.1 Å². The fourth-order valence-electron chi connectivity index (χ4n) is 2.77. The second-order valence-electron chi connectivity index (χ2n) is 5.36. The number of benzene rings is 1. The number of nitrogens with two attached hydrogens (primary N) is 1. The Morgan fingerprint density at radius 1 is 1.32 bits per heavy atom. The van der Waals surface area contributed by atoms with Crippen LogP contribution < -0.4 is 11.2 Å². The highest BCUT2D eigenvalue weighted by atomic mass is 16.4. The van der Waals surface area contributed by atoms with Gasteiger partial charge in [-0.2, -0.15) is 4.98 Å². The number of rotatable bonds is 2. The van der Waals surface area contributed by atoms with Gasteiger partial charge in [-0.3, -0.25) is 5.43 Å². The fourth-order valence-corrected chi connectivity index (χ4v) is 2.77. The number of fused-ring (bicyclic) bond motifs is 1. The molecule has 0 aliphatic carbocycles. The van der Waals surface area contributed by atoms with Gasteiger partial charge in [-0.05, 0) is 38.8 Å². The average Bonchev–Trinajstić information content (AvgIpc) is 2.78. The molecule has 3 N–H and O–H groups in total. The second-order valence-corrected chi connectivity index (χ2v) is 5.36. The summed E-state index contributed by atoms with van der Waals surface area (Å²) in [5.74, 6) is 0. The van der Waals surface area contributed by atoms with E-state index in [9.17, 15) is 0 Å². The average molecular weight is 260 g/mol. The SMILES string of the molecule is CC1CCCC(C)N1Nc1nc2c(N)cccc2o1. The first-order chi connectivity index (χ1) is 9.15. The lowest BCUT2D eigenvalue weighted by Crippen LogP contribution is -2.47. The van der Waals surface area contributed by atoms with Crippen molar-refractivity contribution in [3.63, 3.8) is 0 Å². The molecule has 1 aromatic heterocycles. The van der Waals surface area contributed by atoms with Crippen molar-refractivity contribution in [3.05, 3.63) is 18.2 Å². The second kappa shape index (κ2) is 4.74. The minimum Gasteiger partial charge on any atom is -0.423 e. The van der Waals surface area contributed by atoms with Crippen LogP contribution in [0, 0.1) is 0 Å². The molecule has 1 fully saturated rings. The van der Waals surface area contributed by atoms with Crippen LogP contribution >= 0.6 is 0 Å². The summed E-state index contributed by atoms with van der Waals surface area (Å²) in [5, 5.41) is 2.23. The molecule has 1 saturated heterocycles. The quantitative estimate of drug-likeness (QED) is 0.812. The zero-order valence-corrected chi connectivity index (χ0v) is 11.4. The maximum absolute atomic E-state index is 5.89. The zero-order chi connectivity index (χ0) is 13.4. The summed E-state index contributed by atoms with van der Waals surface area (Å²) in [4.78, 5) is 4.43. The Balaban J connectivity index is 1.86. The Bertz CT molecular complexity index is 570. The van der Waals surface area contributed by atoms with Gasteiger partial charge in [0.2, 0.25) is 0 Å². The summed E-state index contributed by atoms with van der Waals surface area (Å²) in [6.45, 7) is 4.44. The lowest BCUT2D eigenvalue weighted by Gasteiger charge is -2.38. The van der Waals surface area contributed by atoms with E-state index in [1.165, 1.54) is 19.3 Å². The molecule has 1 aliphatic heterocycles. The van der Waals surface area contributed by atoms with Crippen LogP contribution in [0.3, 0.4) is 0 Å². The Morgan fingerprint density at radius 2 is 2.05 bits per heavy atom. The van der Waals surface area contributed by atoms with Crippen LogP contribution in [0.1, 0.15) is 33.1 Å². The maximum Gasteiger partial charge on any atom is 0.310 e. The number of aromatic nitrogens is 1. The van der Waals surface area contributed by atoms with Crippen LogP contribution in [0.15, 0.2) is 22.6 Å². The zero-order valence-electron chi connectivity index (χ0n) is 11.4. The molecule has 19 heavy (non-hydrogen) atoms. The van der Waals surface area contributed by atoms with Crippen molar-refractivity contribution >= 4 is 22.8 Å². The number of para-hydroxylation sites is 1. The molecule has 0 saturated carbocycles. The number of nitrogens with one attached hydrogen (secondary N) is 1. The molecule has 0 amide bonds. The first kappa shape index (κ1) is 12.3. The van der Waals surface area contributed by atoms with E-state index in [1.54, 1.807) is 0 Å². The summed E-state index contributed by atoms with van der Waals surface area (Å²) in [7, 11) is 0. The summed E-state index contributed by atoms with van der Waals surface area (Å²) in [6.07, 6.45) is 3.67. The van der Waals surface area contributed by atoms with Gasteiger partial charge in [0.1, 0.15) is 5.52 Å². The maximum atomic E-state index is 5.89. The molecule has 1 aliphatic rings. The van der Waals surface area contributed by atoms with Crippen molar-refractivity contribution in [3.8, 4) is 0 Å². The van der Waals surface area contributed by atoms with E-state index in [0.717, 1.165) is 11.1 Å². The van der Waals surface area contributed by atoms with E-state index in [0.29, 0.717) is 23.8 Å². The first-order valence-corrected chi connectivity index (χ1v) is 6.85. The summed E-state index contributed by atoms with van der Waals surface area (Å²) in [6, 6.07) is 7.08. The molecule has 5 nitrogen and oxygen atoms in total. The normalized spacial score (nSPS) is 24.7. The van der Waals surface area contributed by atoms with Gasteiger partial charge in [-0.1, -0.05) is 12.5 Å². The van der Waals surface area contributed by atoms with Gasteiger partial charge in [0, 0.05) is 12.1 Å². The van der Waals surface area contributed by atoms with E-state index in [-0.39, 0.29) is 0 Å². The third-order valence-electron chi connectivity index (χ3n) is 3.87. The summed E-state index contributed by atoms with van der Waals surface area (Å²) < 4.78 is 5.70. The molecule has 2 aromatic rings. The van der Waals surface area contributed by atoms with Crippen LogP contribution in [0.2, 0.25) is 0 Å². The molecule has 5 heteroatoms. The molecular formula is C14H20N4O. The van der Waals surface area contributed by atoms with Gasteiger partial charge in [-0.15, -0.1) is 0 Å². The van der Waals surface area contributed by atoms with E-state index in [2.05, 4.69) is 29.3 Å². The number of oxazole rings is 1. The number of hydrogen-bond donors (Lipinski definition) is 2. The van der Waals surface area contributed by atoms with Gasteiger partial charge >= 0.3 is 6.01 Å². The topological polar surface area (TPSA) is 67.3 Å². The third-order valence-corrected chi connectivity index (χ3v) is 3.87. The Hall–Kier alpha value is -1.75. The highest BCUT2D eigenvalue weighted by Crippen LogP contribution is 2.27. The largest absolute Gasteiger partial charge is 0.423 e. The fraction of sp³-hybridized carbons (Fsp3) is 0.500. The molecule has 0 radical (unpaired) electrons. The highest BCUT2D eigenvalue weighted by molar-refractivity contribution is 5.86. The predicted molar refractivity (Wildman–Crippen MR) is 76.7 cm³/mol. The number of nitrogens with zero attached hydrogens (tertiary/aromatic N) is 2. The predicted octanol–water partition coefficient (Wildman–Crippen LogP) is 3.00. The highest BCUT2D eigenvalue weighted by Gasteiger charge is 2.26. The van der Waals surface area contributed by atoms with Gasteiger partial charge in [0.05, 0.1) is 5.69 Å². The van der Waals surface area contributed by atoms with Crippen LogP contribution in [0.5, 0.6) is 0 Å². The van der Waals surface area contributed by atoms with E-state index in [1.807, 2.05) is 18.2 Å². The lowest BCUT2D eigenvalue weighted by molar-refractivity contribution is 0.131.